The van der Waals surface area contributed by atoms with Crippen molar-refractivity contribution in [2.75, 3.05) is 0 Å². The Kier molecular flexibility index (Phi) is 6.92. The van der Waals surface area contributed by atoms with Crippen LogP contribution in [0.2, 0.25) is 0 Å². The number of hydrogen-bond donors (Lipinski definition) is 2. The molecule has 0 saturated carbocycles. The number of benzene rings is 1. The number of carboxylic acids is 2. The minimum absolute atomic E-state index is 0. The first-order valence-electron chi connectivity index (χ1n) is 5.72. The van der Waals surface area contributed by atoms with E-state index in [9.17, 15) is 19.8 Å². The molecule has 0 bridgehead atoms. The summed E-state index contributed by atoms with van der Waals surface area (Å²) in [4.78, 5) is 23.1. The van der Waals surface area contributed by atoms with Crippen molar-refractivity contribution in [2.24, 2.45) is 10.8 Å². The summed E-state index contributed by atoms with van der Waals surface area (Å²) < 4.78 is 0. The van der Waals surface area contributed by atoms with E-state index in [4.69, 9.17) is 0 Å². The number of carbonyl (C=O) groups is 2. The first-order valence-corrected chi connectivity index (χ1v) is 5.72. The van der Waals surface area contributed by atoms with Gasteiger partial charge in [-0.1, -0.05) is 51.1 Å². The van der Waals surface area contributed by atoms with E-state index in [1.807, 2.05) is 6.07 Å². The maximum atomic E-state index is 11.5. The molecule has 0 saturated heterocycles. The zero-order valence-electron chi connectivity index (χ0n) is 10.8. The fourth-order valence-electron chi connectivity index (χ4n) is 2.05. The average molecular weight is 290 g/mol. The quantitative estimate of drug-likeness (QED) is 0.655. The number of aliphatic carboxylic acids is 2. The van der Waals surface area contributed by atoms with Crippen LogP contribution in [-0.4, -0.2) is 73.5 Å². The van der Waals surface area contributed by atoms with Crippen molar-refractivity contribution in [3.8, 4) is 0 Å². The van der Waals surface area contributed by atoms with Crippen molar-refractivity contribution in [3.05, 3.63) is 35.9 Å². The maximum absolute atomic E-state index is 11.5. The number of carboxylic acid groups (broad SMARTS) is 2. The summed E-state index contributed by atoms with van der Waals surface area (Å²) in [7, 11) is 0. The van der Waals surface area contributed by atoms with Gasteiger partial charge in [0.2, 0.25) is 0 Å². The molecule has 0 fully saturated rings. The predicted octanol–water partition coefficient (Wildman–Crippen LogP) is 1.78. The van der Waals surface area contributed by atoms with Crippen molar-refractivity contribution < 1.29 is 19.8 Å². The van der Waals surface area contributed by atoms with Gasteiger partial charge in [0.15, 0.2) is 5.41 Å². The van der Waals surface area contributed by atoms with Crippen LogP contribution in [0.3, 0.4) is 0 Å². The first-order chi connectivity index (χ1) is 8.22. The van der Waals surface area contributed by atoms with Gasteiger partial charge < -0.3 is 10.2 Å². The average Bonchev–Trinajstić information content (AvgIpc) is 2.24. The van der Waals surface area contributed by atoms with Gasteiger partial charge in [0.1, 0.15) is 0 Å². The van der Waals surface area contributed by atoms with Crippen LogP contribution in [0.5, 0.6) is 0 Å². The van der Waals surface area contributed by atoms with Crippen molar-refractivity contribution in [2.45, 2.75) is 27.2 Å². The van der Waals surface area contributed by atoms with Crippen molar-refractivity contribution >= 4 is 63.3 Å². The van der Waals surface area contributed by atoms with Gasteiger partial charge in [-0.3, -0.25) is 9.59 Å². The Morgan fingerprint density at radius 3 is 1.74 bits per heavy atom. The molecule has 0 aliphatic rings. The predicted molar refractivity (Wildman–Crippen MR) is 74.5 cm³/mol. The van der Waals surface area contributed by atoms with Crippen LogP contribution in [0, 0.1) is 10.8 Å². The van der Waals surface area contributed by atoms with Crippen molar-refractivity contribution in [3.63, 3.8) is 0 Å². The number of rotatable bonds is 4. The van der Waals surface area contributed by atoms with Crippen LogP contribution in [0.15, 0.2) is 30.3 Å². The Bertz CT molecular complexity index is 434. The summed E-state index contributed by atoms with van der Waals surface area (Å²) in [6.07, 6.45) is -0.0258. The van der Waals surface area contributed by atoms with Crippen LogP contribution in [0.25, 0.3) is 0 Å². The van der Waals surface area contributed by atoms with Crippen LogP contribution in [0.1, 0.15) is 26.3 Å². The zero-order valence-corrected chi connectivity index (χ0v) is 10.8. The summed E-state index contributed by atoms with van der Waals surface area (Å²) in [6, 6.07) is 8.83. The summed E-state index contributed by atoms with van der Waals surface area (Å²) in [5, 5.41) is 18.8. The molecular formula is C14H19KO4. The summed E-state index contributed by atoms with van der Waals surface area (Å²) in [6.45, 7) is 4.91. The molecule has 0 heterocycles. The van der Waals surface area contributed by atoms with Crippen LogP contribution < -0.4 is 0 Å². The third-order valence-corrected chi connectivity index (χ3v) is 3.32. The molecule has 1 rings (SSSR count). The summed E-state index contributed by atoms with van der Waals surface area (Å²) in [5.74, 6) is -2.60. The Morgan fingerprint density at radius 1 is 1.00 bits per heavy atom. The molecule has 0 aromatic heterocycles. The van der Waals surface area contributed by atoms with E-state index in [1.54, 1.807) is 45.0 Å². The molecule has 0 radical (unpaired) electrons. The molecular weight excluding hydrogens is 271 g/mol. The Morgan fingerprint density at radius 2 is 1.42 bits per heavy atom. The van der Waals surface area contributed by atoms with Crippen molar-refractivity contribution in [1.82, 2.24) is 0 Å². The second kappa shape index (κ2) is 6.99. The van der Waals surface area contributed by atoms with E-state index in [1.165, 1.54) is 0 Å². The van der Waals surface area contributed by atoms with Gasteiger partial charge >= 0.3 is 63.3 Å². The van der Waals surface area contributed by atoms with Gasteiger partial charge in [-0.05, 0) is 17.4 Å². The standard InChI is InChI=1S/C14H18O4.K.H/c1-13(2,3)14(11(15)16,12(17)18)9-10-7-5-4-6-8-10;;/h4-8H,9H2,1-3H3,(H,15,16)(H,17,18);;. The van der Waals surface area contributed by atoms with E-state index < -0.39 is 22.8 Å². The molecule has 0 unspecified atom stereocenters. The molecule has 0 aliphatic carbocycles. The molecule has 0 spiro atoms. The molecule has 5 heteroatoms. The molecule has 2 N–H and O–H groups in total. The van der Waals surface area contributed by atoms with Gasteiger partial charge in [0, 0.05) is 0 Å². The van der Waals surface area contributed by atoms with Gasteiger partial charge in [-0.15, -0.1) is 0 Å². The Balaban J connectivity index is 0.00000324. The monoisotopic (exact) mass is 290 g/mol. The van der Waals surface area contributed by atoms with E-state index in [2.05, 4.69) is 0 Å². The van der Waals surface area contributed by atoms with Gasteiger partial charge in [0.05, 0.1) is 0 Å². The summed E-state index contributed by atoms with van der Waals surface area (Å²) in [5.41, 5.74) is -2.01. The molecule has 1 aromatic carbocycles. The molecule has 0 amide bonds. The Labute approximate surface area is 155 Å². The zero-order chi connectivity index (χ0) is 14.0. The SMILES string of the molecule is CC(C)(C)C(Cc1ccccc1)(C(=O)O)C(=O)O.[KH]. The first kappa shape index (κ1) is 18.8. The second-order valence-corrected chi connectivity index (χ2v) is 5.43. The van der Waals surface area contributed by atoms with E-state index >= 15 is 0 Å². The molecule has 1 aromatic rings. The second-order valence-electron chi connectivity index (χ2n) is 5.43. The van der Waals surface area contributed by atoms with Crippen molar-refractivity contribution in [1.29, 1.82) is 0 Å². The third-order valence-electron chi connectivity index (χ3n) is 3.32. The molecule has 100 valence electrons. The molecule has 19 heavy (non-hydrogen) atoms. The van der Waals surface area contributed by atoms with E-state index in [0.717, 1.165) is 0 Å². The molecule has 0 atom stereocenters. The van der Waals surface area contributed by atoms with Crippen LogP contribution >= 0.6 is 0 Å². The Hall–Kier alpha value is -0.204. The molecule has 4 nitrogen and oxygen atoms in total. The normalized spacial score (nSPS) is 11.5. The van der Waals surface area contributed by atoms with Gasteiger partial charge in [-0.25, -0.2) is 0 Å². The van der Waals surface area contributed by atoms with E-state index in [0.29, 0.717) is 5.56 Å². The van der Waals surface area contributed by atoms with E-state index in [-0.39, 0.29) is 57.8 Å². The minimum atomic E-state index is -1.83. The number of hydrogen-bond acceptors (Lipinski definition) is 2. The van der Waals surface area contributed by atoms with Crippen LogP contribution in [-0.2, 0) is 16.0 Å². The fraction of sp³-hybridized carbons (Fsp3) is 0.429. The summed E-state index contributed by atoms with van der Waals surface area (Å²) >= 11 is 0. The third kappa shape index (κ3) is 3.89. The fourth-order valence-corrected chi connectivity index (χ4v) is 2.05. The van der Waals surface area contributed by atoms with Gasteiger partial charge in [0.25, 0.3) is 0 Å². The molecule has 0 aliphatic heterocycles. The van der Waals surface area contributed by atoms with Gasteiger partial charge in [-0.2, -0.15) is 0 Å². The van der Waals surface area contributed by atoms with Crippen LogP contribution in [0.4, 0.5) is 0 Å². The topological polar surface area (TPSA) is 74.6 Å².